The van der Waals surface area contributed by atoms with Crippen molar-refractivity contribution in [3.63, 3.8) is 0 Å². The Balaban J connectivity index is 0. The third-order valence-corrected chi connectivity index (χ3v) is 5.77. The number of carbonyl (C=O) groups excluding carboxylic acids is 1. The van der Waals surface area contributed by atoms with Crippen molar-refractivity contribution in [2.75, 3.05) is 28.3 Å². The number of carboxylic acids is 1. The Bertz CT molecular complexity index is 705. The summed E-state index contributed by atoms with van der Waals surface area (Å²) >= 11 is 0. The van der Waals surface area contributed by atoms with Gasteiger partial charge in [0.2, 0.25) is 10.4 Å². The van der Waals surface area contributed by atoms with Crippen molar-refractivity contribution < 1.29 is 41.5 Å². The lowest BCUT2D eigenvalue weighted by molar-refractivity contribution is -0.906. The highest BCUT2D eigenvalue weighted by Crippen LogP contribution is 2.14. The van der Waals surface area contributed by atoms with Crippen LogP contribution in [0.1, 0.15) is 96.8 Å². The number of aliphatic carboxylic acids is 1. The molecular formula is C25H50N2O8S. The average molecular weight is 539 g/mol. The predicted molar refractivity (Wildman–Crippen MR) is 139 cm³/mol. The molecule has 36 heavy (non-hydrogen) atoms. The molecule has 0 aliphatic carbocycles. The second-order valence-corrected chi connectivity index (χ2v) is 11.2. The molecule has 0 aromatic rings. The van der Waals surface area contributed by atoms with E-state index in [0.29, 0.717) is 4.59 Å². The molecule has 1 amide bonds. The zero-order valence-electron chi connectivity index (χ0n) is 22.9. The van der Waals surface area contributed by atoms with Crippen LogP contribution in [0.2, 0.25) is 0 Å². The van der Waals surface area contributed by atoms with E-state index < -0.39 is 16.4 Å². The third-order valence-electron chi connectivity index (χ3n) is 5.36. The summed E-state index contributed by atoms with van der Waals surface area (Å²) in [5.74, 6) is -0.545. The van der Waals surface area contributed by atoms with Crippen molar-refractivity contribution in [1.82, 2.24) is 5.43 Å². The summed E-state index contributed by atoms with van der Waals surface area (Å²) in [7, 11) is 2.23. The smallest absolute Gasteiger partial charge is 0.303 e. The number of allylic oxidation sites excluding steroid dienone is 1. The van der Waals surface area contributed by atoms with Crippen LogP contribution in [-0.4, -0.2) is 74.0 Å². The molecule has 0 fully saturated rings. The topological polar surface area (TPSA) is 153 Å². The van der Waals surface area contributed by atoms with E-state index >= 15 is 0 Å². The summed E-state index contributed by atoms with van der Waals surface area (Å²) in [6, 6.07) is 0. The molecule has 0 saturated carbocycles. The molecule has 0 rings (SSSR count). The van der Waals surface area contributed by atoms with Crippen LogP contribution in [0.25, 0.3) is 0 Å². The molecule has 10 nitrogen and oxygen atoms in total. The van der Waals surface area contributed by atoms with Crippen LogP contribution in [0.4, 0.5) is 0 Å². The van der Waals surface area contributed by atoms with Crippen molar-refractivity contribution in [1.29, 1.82) is 0 Å². The van der Waals surface area contributed by atoms with Gasteiger partial charge in [-0.3, -0.25) is 13.8 Å². The summed E-state index contributed by atoms with van der Waals surface area (Å²) < 4.78 is 31.5. The van der Waals surface area contributed by atoms with Gasteiger partial charge in [-0.1, -0.05) is 64.0 Å². The van der Waals surface area contributed by atoms with Gasteiger partial charge in [0.05, 0.1) is 34.4 Å². The van der Waals surface area contributed by atoms with Gasteiger partial charge in [0, 0.05) is 12.3 Å². The summed E-state index contributed by atoms with van der Waals surface area (Å²) in [5.41, 5.74) is 2.97. The largest absolute Gasteiger partial charge is 0.726 e. The molecular weight excluding hydrogens is 488 g/mol. The second kappa shape index (κ2) is 21.5. The van der Waals surface area contributed by atoms with Crippen LogP contribution < -0.4 is 5.43 Å². The van der Waals surface area contributed by atoms with Crippen LogP contribution in [0.15, 0.2) is 12.2 Å². The van der Waals surface area contributed by atoms with Gasteiger partial charge in [-0.05, 0) is 38.5 Å². The van der Waals surface area contributed by atoms with Crippen molar-refractivity contribution in [3.8, 4) is 0 Å². The van der Waals surface area contributed by atoms with Crippen LogP contribution in [0.3, 0.4) is 0 Å². The first-order chi connectivity index (χ1) is 16.7. The summed E-state index contributed by atoms with van der Waals surface area (Å²) in [5, 5.41) is 18.6. The minimum Gasteiger partial charge on any atom is -0.726 e. The average Bonchev–Trinajstić information content (AvgIpc) is 2.75. The lowest BCUT2D eigenvalue weighted by Gasteiger charge is -2.25. The van der Waals surface area contributed by atoms with Gasteiger partial charge in [-0.15, -0.1) is 0 Å². The van der Waals surface area contributed by atoms with Crippen LogP contribution >= 0.6 is 0 Å². The highest BCUT2D eigenvalue weighted by Gasteiger charge is 2.18. The standard InChI is InChI=1S/C24H46N2O4.CH4O4S/c1-21(24(30)25-26(2,3)4)17-13-11-12-15-19-22(27)18-14-9-7-5-6-8-10-16-20-23(28)29;1-5-6(2,3)4/h9,14,21-22,27H,5-8,10-13,15-20H2,1-4H3,(H-,25,28,29,30);1H3,(H,2,3,4)/b14-9-;/t21?,22-;/m0./s1. The van der Waals surface area contributed by atoms with E-state index in [4.69, 9.17) is 5.11 Å². The van der Waals surface area contributed by atoms with Gasteiger partial charge in [0.1, 0.15) is 0 Å². The van der Waals surface area contributed by atoms with Gasteiger partial charge < -0.3 is 14.8 Å². The van der Waals surface area contributed by atoms with E-state index in [9.17, 15) is 27.7 Å². The van der Waals surface area contributed by atoms with Gasteiger partial charge in [-0.2, -0.15) is 0 Å². The van der Waals surface area contributed by atoms with E-state index in [1.54, 1.807) is 0 Å². The Labute approximate surface area is 218 Å². The van der Waals surface area contributed by atoms with Crippen molar-refractivity contribution in [2.45, 2.75) is 103 Å². The molecule has 0 aromatic heterocycles. The van der Waals surface area contributed by atoms with E-state index in [1.165, 1.54) is 0 Å². The summed E-state index contributed by atoms with van der Waals surface area (Å²) in [4.78, 5) is 22.4. The maximum atomic E-state index is 12.0. The molecule has 1 unspecified atom stereocenters. The fraction of sp³-hybridized carbons (Fsp3) is 0.840. The second-order valence-electron chi connectivity index (χ2n) is 10.0. The molecule has 0 saturated heterocycles. The number of nitrogens with one attached hydrogen (secondary N) is 1. The number of nitrogens with zero attached hydrogens (tertiary/aromatic N) is 1. The number of hydrogen-bond donors (Lipinski definition) is 3. The quantitative estimate of drug-likeness (QED) is 0.0526. The zero-order chi connectivity index (χ0) is 28.0. The molecule has 3 N–H and O–H groups in total. The predicted octanol–water partition coefficient (Wildman–Crippen LogP) is 3.92. The number of aliphatic hydroxyl groups is 1. The van der Waals surface area contributed by atoms with Gasteiger partial charge in [0.15, 0.2) is 0 Å². The SMILES string of the molecule is CC(CCCCCC[C@@H](O)C/C=C\CCCCCCCC(=O)O)C(=O)N[N+](C)(C)C.COS(=O)(=O)[O-]. The number of carboxylic acid groups (broad SMARTS) is 1. The minimum absolute atomic E-state index is 0.0443. The maximum absolute atomic E-state index is 12.0. The van der Waals surface area contributed by atoms with E-state index in [2.05, 4.69) is 21.8 Å². The van der Waals surface area contributed by atoms with Crippen LogP contribution in [0.5, 0.6) is 0 Å². The van der Waals surface area contributed by atoms with E-state index in [-0.39, 0.29) is 24.3 Å². The lowest BCUT2D eigenvalue weighted by atomic mass is 10.0. The number of rotatable bonds is 20. The highest BCUT2D eigenvalue weighted by atomic mass is 32.3. The molecule has 0 aromatic carbocycles. The number of carbonyl (C=O) groups is 2. The number of unbranched alkanes of at least 4 members (excludes halogenated alkanes) is 8. The molecule has 0 heterocycles. The molecule has 214 valence electrons. The fourth-order valence-corrected chi connectivity index (χ4v) is 3.31. The number of amides is 1. The van der Waals surface area contributed by atoms with Crippen LogP contribution in [0, 0.1) is 5.92 Å². The number of hydrogen-bond acceptors (Lipinski definition) is 7. The molecule has 2 atom stereocenters. The Morgan fingerprint density at radius 3 is 1.97 bits per heavy atom. The number of quaternary nitrogens is 1. The van der Waals surface area contributed by atoms with E-state index in [0.717, 1.165) is 90.6 Å². The molecule has 11 heteroatoms. The summed E-state index contributed by atoms with van der Waals surface area (Å²) in [6.45, 7) is 1.99. The molecule has 0 radical (unpaired) electrons. The zero-order valence-corrected chi connectivity index (χ0v) is 23.7. The first-order valence-corrected chi connectivity index (χ1v) is 14.2. The molecule has 0 spiro atoms. The fourth-order valence-electron chi connectivity index (χ4n) is 3.31. The Hall–Kier alpha value is -1.53. The first-order valence-electron chi connectivity index (χ1n) is 12.9. The third kappa shape index (κ3) is 30.5. The van der Waals surface area contributed by atoms with Gasteiger partial charge in [-0.25, -0.2) is 18.4 Å². The van der Waals surface area contributed by atoms with E-state index in [1.807, 2.05) is 28.1 Å². The molecule has 0 aliphatic rings. The normalized spacial score (nSPS) is 13.6. The van der Waals surface area contributed by atoms with Crippen molar-refractivity contribution in [2.24, 2.45) is 5.92 Å². The Morgan fingerprint density at radius 2 is 1.44 bits per heavy atom. The monoisotopic (exact) mass is 538 g/mol. The molecule has 0 bridgehead atoms. The Kier molecular flexibility index (Phi) is 21.9. The maximum Gasteiger partial charge on any atom is 0.303 e. The highest BCUT2D eigenvalue weighted by molar-refractivity contribution is 7.80. The van der Waals surface area contributed by atoms with Gasteiger partial charge in [0.25, 0.3) is 5.91 Å². The lowest BCUT2D eigenvalue weighted by Crippen LogP contribution is -2.52. The molecule has 0 aliphatic heterocycles. The number of aliphatic hydroxyl groups excluding tert-OH is 1. The van der Waals surface area contributed by atoms with Crippen molar-refractivity contribution >= 4 is 22.3 Å². The summed E-state index contributed by atoms with van der Waals surface area (Å²) in [6.07, 6.45) is 17.2. The van der Waals surface area contributed by atoms with Crippen molar-refractivity contribution in [3.05, 3.63) is 12.2 Å². The van der Waals surface area contributed by atoms with Gasteiger partial charge >= 0.3 is 5.97 Å². The Morgan fingerprint density at radius 1 is 0.944 bits per heavy atom. The van der Waals surface area contributed by atoms with Crippen LogP contribution in [-0.2, 0) is 24.2 Å². The minimum atomic E-state index is -4.41. The first kappa shape index (κ1) is 36.6.